The molecule has 3 N–H and O–H groups in total. The molecular weight excluding hydrogens is 292 g/mol. The second kappa shape index (κ2) is 6.40. The monoisotopic (exact) mass is 308 g/mol. The van der Waals surface area contributed by atoms with Gasteiger partial charge in [0, 0.05) is 12.2 Å². The fourth-order valence-electron chi connectivity index (χ4n) is 1.74. The summed E-state index contributed by atoms with van der Waals surface area (Å²) in [7, 11) is -3.66. The van der Waals surface area contributed by atoms with Gasteiger partial charge in [-0.3, -0.25) is 14.6 Å². The predicted molar refractivity (Wildman–Crippen MR) is 78.2 cm³/mol. The van der Waals surface area contributed by atoms with E-state index in [0.29, 0.717) is 12.2 Å². The number of hydrogen-bond acceptors (Lipinski definition) is 4. The van der Waals surface area contributed by atoms with Crippen LogP contribution in [0.3, 0.4) is 0 Å². The second-order valence-electron chi connectivity index (χ2n) is 4.35. The molecule has 1 amide bonds. The molecule has 7 nitrogen and oxygen atoms in total. The Labute approximate surface area is 122 Å². The largest absolute Gasteiger partial charge is 0.356 e. The Morgan fingerprint density at radius 3 is 2.52 bits per heavy atom. The summed E-state index contributed by atoms with van der Waals surface area (Å²) in [6.07, 6.45) is 1.63. The van der Waals surface area contributed by atoms with Crippen molar-refractivity contribution in [1.82, 2.24) is 15.5 Å². The highest BCUT2D eigenvalue weighted by Crippen LogP contribution is 2.15. The van der Waals surface area contributed by atoms with Gasteiger partial charge in [0.15, 0.2) is 5.03 Å². The van der Waals surface area contributed by atoms with E-state index in [9.17, 15) is 13.2 Å². The molecule has 2 rings (SSSR count). The van der Waals surface area contributed by atoms with E-state index in [2.05, 4.69) is 20.2 Å². The molecule has 1 heterocycles. The lowest BCUT2D eigenvalue weighted by Gasteiger charge is -2.07. The molecule has 112 valence electrons. The van der Waals surface area contributed by atoms with Gasteiger partial charge in [-0.25, -0.2) is 0 Å². The number of carbonyl (C=O) groups excluding carboxylic acids is 1. The van der Waals surface area contributed by atoms with E-state index >= 15 is 0 Å². The number of carbonyl (C=O) groups is 1. The summed E-state index contributed by atoms with van der Waals surface area (Å²) in [4.78, 5) is 11.4. The highest BCUT2D eigenvalue weighted by Gasteiger charge is 2.15. The van der Waals surface area contributed by atoms with Crippen molar-refractivity contribution in [2.45, 2.75) is 18.4 Å². The number of rotatable bonds is 6. The maximum atomic E-state index is 12.0. The molecule has 0 aliphatic heterocycles. The van der Waals surface area contributed by atoms with Crippen LogP contribution >= 0.6 is 0 Å². The normalized spacial score (nSPS) is 11.1. The van der Waals surface area contributed by atoms with Gasteiger partial charge >= 0.3 is 0 Å². The Hall–Kier alpha value is -2.35. The summed E-state index contributed by atoms with van der Waals surface area (Å²) in [6, 6.07) is 8.01. The number of sulfonamides is 1. The third-order valence-corrected chi connectivity index (χ3v) is 4.02. The first-order valence-electron chi connectivity index (χ1n) is 6.39. The standard InChI is InChI=1S/C13H16N4O3S/c1-2-14-12(18)9-10-3-5-11(6-4-10)17-21(19,20)13-7-8-15-16-13/h3-8,17H,2,9H2,1H3,(H,14,18)(H,15,16). The quantitative estimate of drug-likeness (QED) is 0.737. The number of amides is 1. The third kappa shape index (κ3) is 4.06. The first kappa shape index (κ1) is 15.0. The smallest absolute Gasteiger partial charge is 0.278 e. The fourth-order valence-corrected chi connectivity index (χ4v) is 2.71. The molecule has 0 bridgehead atoms. The van der Waals surface area contributed by atoms with Crippen molar-refractivity contribution < 1.29 is 13.2 Å². The zero-order valence-corrected chi connectivity index (χ0v) is 12.3. The lowest BCUT2D eigenvalue weighted by atomic mass is 10.1. The van der Waals surface area contributed by atoms with E-state index in [-0.39, 0.29) is 17.4 Å². The lowest BCUT2D eigenvalue weighted by molar-refractivity contribution is -0.120. The van der Waals surface area contributed by atoms with E-state index in [1.54, 1.807) is 24.3 Å². The van der Waals surface area contributed by atoms with E-state index < -0.39 is 10.0 Å². The Bertz CT molecular complexity index is 694. The fraction of sp³-hybridized carbons (Fsp3) is 0.231. The van der Waals surface area contributed by atoms with Crippen LogP contribution in [0.1, 0.15) is 12.5 Å². The molecule has 0 unspecified atom stereocenters. The van der Waals surface area contributed by atoms with Gasteiger partial charge in [0.05, 0.1) is 12.6 Å². The molecule has 2 aromatic rings. The third-order valence-electron chi connectivity index (χ3n) is 2.71. The van der Waals surface area contributed by atoms with Gasteiger partial charge in [-0.1, -0.05) is 12.1 Å². The Kier molecular flexibility index (Phi) is 4.59. The summed E-state index contributed by atoms with van der Waals surface area (Å²) in [5.74, 6) is -0.0664. The van der Waals surface area contributed by atoms with Crippen molar-refractivity contribution in [2.24, 2.45) is 0 Å². The van der Waals surface area contributed by atoms with Crippen molar-refractivity contribution >= 4 is 21.6 Å². The van der Waals surface area contributed by atoms with E-state index in [4.69, 9.17) is 0 Å². The highest BCUT2D eigenvalue weighted by molar-refractivity contribution is 7.92. The average molecular weight is 308 g/mol. The Morgan fingerprint density at radius 1 is 1.24 bits per heavy atom. The van der Waals surface area contributed by atoms with Gasteiger partial charge in [-0.15, -0.1) is 0 Å². The number of benzene rings is 1. The number of likely N-dealkylation sites (N-methyl/N-ethyl adjacent to an activating group) is 1. The molecular formula is C13H16N4O3S. The molecule has 0 atom stereocenters. The van der Waals surface area contributed by atoms with Crippen LogP contribution in [0.5, 0.6) is 0 Å². The van der Waals surface area contributed by atoms with Crippen LogP contribution in [0, 0.1) is 0 Å². The second-order valence-corrected chi connectivity index (χ2v) is 6.00. The first-order valence-corrected chi connectivity index (χ1v) is 7.87. The number of nitrogens with zero attached hydrogens (tertiary/aromatic N) is 1. The van der Waals surface area contributed by atoms with E-state index in [0.717, 1.165) is 5.56 Å². The lowest BCUT2D eigenvalue weighted by Crippen LogP contribution is -2.24. The van der Waals surface area contributed by atoms with Crippen molar-refractivity contribution in [2.75, 3.05) is 11.3 Å². The predicted octanol–water partition coefficient (Wildman–Crippen LogP) is 0.889. The van der Waals surface area contributed by atoms with Crippen LogP contribution in [0.2, 0.25) is 0 Å². The summed E-state index contributed by atoms with van der Waals surface area (Å²) in [5, 5.41) is 8.70. The van der Waals surface area contributed by atoms with Crippen molar-refractivity contribution in [3.8, 4) is 0 Å². The zero-order valence-electron chi connectivity index (χ0n) is 11.5. The molecule has 0 aliphatic rings. The Balaban J connectivity index is 2.04. The van der Waals surface area contributed by atoms with Crippen LogP contribution in [-0.2, 0) is 21.2 Å². The molecule has 0 saturated heterocycles. The number of nitrogens with one attached hydrogen (secondary N) is 3. The van der Waals surface area contributed by atoms with Crippen molar-refractivity contribution in [3.63, 3.8) is 0 Å². The maximum Gasteiger partial charge on any atom is 0.278 e. The van der Waals surface area contributed by atoms with E-state index in [1.807, 2.05) is 6.92 Å². The number of aromatic amines is 1. The van der Waals surface area contributed by atoms with Crippen LogP contribution in [0.15, 0.2) is 41.6 Å². The van der Waals surface area contributed by atoms with Crippen molar-refractivity contribution in [3.05, 3.63) is 42.1 Å². The number of H-pyrrole nitrogens is 1. The summed E-state index contributed by atoms with van der Waals surface area (Å²) < 4.78 is 26.4. The average Bonchev–Trinajstić information content (AvgIpc) is 2.96. The Morgan fingerprint density at radius 2 is 1.95 bits per heavy atom. The topological polar surface area (TPSA) is 104 Å². The van der Waals surface area contributed by atoms with Crippen LogP contribution in [-0.4, -0.2) is 31.1 Å². The molecule has 0 saturated carbocycles. The molecule has 0 radical (unpaired) electrons. The van der Waals surface area contributed by atoms with Crippen molar-refractivity contribution in [1.29, 1.82) is 0 Å². The van der Waals surface area contributed by atoms with E-state index in [1.165, 1.54) is 12.3 Å². The minimum absolute atomic E-state index is 0.00565. The highest BCUT2D eigenvalue weighted by atomic mass is 32.2. The zero-order chi connectivity index (χ0) is 15.3. The molecule has 0 fully saturated rings. The van der Waals surface area contributed by atoms with Gasteiger partial charge in [0.1, 0.15) is 0 Å². The maximum absolute atomic E-state index is 12.0. The molecule has 8 heteroatoms. The summed E-state index contributed by atoms with van der Waals surface area (Å²) in [5.41, 5.74) is 1.23. The summed E-state index contributed by atoms with van der Waals surface area (Å²) >= 11 is 0. The molecule has 0 aliphatic carbocycles. The minimum Gasteiger partial charge on any atom is -0.356 e. The van der Waals surface area contributed by atoms with Gasteiger partial charge in [-0.05, 0) is 30.7 Å². The van der Waals surface area contributed by atoms with Gasteiger partial charge in [0.2, 0.25) is 5.91 Å². The van der Waals surface area contributed by atoms with Crippen LogP contribution in [0.25, 0.3) is 0 Å². The minimum atomic E-state index is -3.66. The first-order chi connectivity index (χ1) is 10.0. The molecule has 1 aromatic carbocycles. The molecule has 1 aromatic heterocycles. The number of anilines is 1. The van der Waals surface area contributed by atoms with Crippen LogP contribution < -0.4 is 10.0 Å². The van der Waals surface area contributed by atoms with Gasteiger partial charge in [0.25, 0.3) is 10.0 Å². The molecule has 0 spiro atoms. The number of hydrogen-bond donors (Lipinski definition) is 3. The summed E-state index contributed by atoms with van der Waals surface area (Å²) in [6.45, 7) is 2.44. The SMILES string of the molecule is CCNC(=O)Cc1ccc(NS(=O)(=O)c2ccn[nH]2)cc1. The van der Waals surface area contributed by atoms with Crippen LogP contribution in [0.4, 0.5) is 5.69 Å². The molecule has 21 heavy (non-hydrogen) atoms. The van der Waals surface area contributed by atoms with Gasteiger partial charge in [-0.2, -0.15) is 13.5 Å². The van der Waals surface area contributed by atoms with Gasteiger partial charge < -0.3 is 5.32 Å². The number of aromatic nitrogens is 2.